The Balaban J connectivity index is 1.33. The zero-order chi connectivity index (χ0) is 19.2. The van der Waals surface area contributed by atoms with E-state index in [1.807, 2.05) is 11.8 Å². The third-order valence-electron chi connectivity index (χ3n) is 7.48. The first-order valence-electron chi connectivity index (χ1n) is 10.5. The first-order valence-corrected chi connectivity index (χ1v) is 10.5. The Hall–Kier alpha value is -1.63. The van der Waals surface area contributed by atoms with Gasteiger partial charge in [0.2, 0.25) is 11.8 Å². The van der Waals surface area contributed by atoms with Gasteiger partial charge in [0.15, 0.2) is 0 Å². The van der Waals surface area contributed by atoms with Gasteiger partial charge in [-0.2, -0.15) is 0 Å². The number of nitrogens with zero attached hydrogens (tertiary/aromatic N) is 2. The number of rotatable bonds is 3. The molecular weight excluding hydrogens is 344 g/mol. The van der Waals surface area contributed by atoms with E-state index in [0.717, 1.165) is 37.0 Å². The van der Waals surface area contributed by atoms with Crippen molar-refractivity contribution in [3.8, 4) is 0 Å². The van der Waals surface area contributed by atoms with Crippen molar-refractivity contribution in [1.82, 2.24) is 20.4 Å². The highest BCUT2D eigenvalue weighted by Gasteiger charge is 2.55. The molecule has 0 spiro atoms. The molecule has 1 aliphatic heterocycles. The summed E-state index contributed by atoms with van der Waals surface area (Å²) in [6, 6.07) is -0.860. The maximum atomic E-state index is 13.4. The highest BCUT2D eigenvalue weighted by Crippen LogP contribution is 2.60. The molecule has 0 aromatic carbocycles. The largest absolute Gasteiger partial charge is 0.341 e. The van der Waals surface area contributed by atoms with Crippen molar-refractivity contribution in [2.75, 3.05) is 33.2 Å². The van der Waals surface area contributed by atoms with Crippen LogP contribution in [0.25, 0.3) is 0 Å². The summed E-state index contributed by atoms with van der Waals surface area (Å²) in [5, 5.41) is 4.73. The molecule has 4 amide bonds. The average molecular weight is 377 g/mol. The zero-order valence-electron chi connectivity index (χ0n) is 16.5. The molecule has 5 aliphatic rings. The number of carbonyl (C=O) groups is 3. The van der Waals surface area contributed by atoms with Crippen LogP contribution in [-0.4, -0.2) is 66.9 Å². The van der Waals surface area contributed by atoms with Gasteiger partial charge in [0.1, 0.15) is 0 Å². The van der Waals surface area contributed by atoms with Crippen molar-refractivity contribution in [3.63, 3.8) is 0 Å². The van der Waals surface area contributed by atoms with E-state index >= 15 is 0 Å². The Labute approximate surface area is 161 Å². The van der Waals surface area contributed by atoms with Gasteiger partial charge in [0.05, 0.1) is 11.5 Å². The zero-order valence-corrected chi connectivity index (χ0v) is 16.5. The molecular formula is C20H32N4O3. The molecule has 0 aromatic heterocycles. The van der Waals surface area contributed by atoms with E-state index in [1.54, 1.807) is 0 Å². The fraction of sp³-hybridized carbons (Fsp3) is 0.850. The number of imide groups is 1. The minimum Gasteiger partial charge on any atom is -0.341 e. The molecule has 5 rings (SSSR count). The van der Waals surface area contributed by atoms with Gasteiger partial charge in [-0.1, -0.05) is 0 Å². The standard InChI is InChI=1S/C20H32N4O3/c1-13(17(25)22-19(27)21-2)23-3-5-24(6-4-23)18(26)20-10-14-7-15(11-20)9-16(8-14)12-20/h13-16H,3-12H2,1-2H3,(H2,21,22,25,27). The van der Waals surface area contributed by atoms with Gasteiger partial charge in [0, 0.05) is 33.2 Å². The molecule has 0 aromatic rings. The predicted octanol–water partition coefficient (Wildman–Crippen LogP) is 1.19. The first kappa shape index (κ1) is 18.7. The summed E-state index contributed by atoms with van der Waals surface area (Å²) in [6.45, 7) is 4.53. The van der Waals surface area contributed by atoms with Crippen molar-refractivity contribution in [3.05, 3.63) is 0 Å². The van der Waals surface area contributed by atoms with Crippen LogP contribution in [0.5, 0.6) is 0 Å². The molecule has 7 nitrogen and oxygen atoms in total. The summed E-state index contributed by atoms with van der Waals surface area (Å²) in [4.78, 5) is 41.0. The van der Waals surface area contributed by atoms with Crippen molar-refractivity contribution < 1.29 is 14.4 Å². The summed E-state index contributed by atoms with van der Waals surface area (Å²) in [6.07, 6.45) is 7.34. The predicted molar refractivity (Wildman–Crippen MR) is 101 cm³/mol. The lowest BCUT2D eigenvalue weighted by atomic mass is 9.49. The number of hydrogen-bond donors (Lipinski definition) is 2. The van der Waals surface area contributed by atoms with Crippen molar-refractivity contribution in [2.24, 2.45) is 23.2 Å². The van der Waals surface area contributed by atoms with Gasteiger partial charge in [0.25, 0.3) is 0 Å². The Morgan fingerprint density at radius 1 is 0.926 bits per heavy atom. The van der Waals surface area contributed by atoms with Crippen LogP contribution in [0.15, 0.2) is 0 Å². The third kappa shape index (κ3) is 3.46. The van der Waals surface area contributed by atoms with Gasteiger partial charge < -0.3 is 10.2 Å². The SMILES string of the molecule is CNC(=O)NC(=O)C(C)N1CCN(C(=O)C23CC4CC(CC(C4)C2)C3)CC1. The molecule has 4 saturated carbocycles. The summed E-state index contributed by atoms with van der Waals surface area (Å²) in [5.74, 6) is 2.40. The Kier molecular flexibility index (Phi) is 4.91. The lowest BCUT2D eigenvalue weighted by Crippen LogP contribution is -2.60. The van der Waals surface area contributed by atoms with Crippen LogP contribution in [0.4, 0.5) is 4.79 Å². The number of nitrogens with one attached hydrogen (secondary N) is 2. The van der Waals surface area contributed by atoms with Crippen molar-refractivity contribution in [2.45, 2.75) is 51.5 Å². The normalized spacial score (nSPS) is 36.4. The molecule has 4 aliphatic carbocycles. The van der Waals surface area contributed by atoms with Crippen LogP contribution in [0.3, 0.4) is 0 Å². The van der Waals surface area contributed by atoms with Crippen molar-refractivity contribution >= 4 is 17.8 Å². The summed E-state index contributed by atoms with van der Waals surface area (Å²) in [5.41, 5.74) is -0.0842. The van der Waals surface area contributed by atoms with Gasteiger partial charge in [-0.15, -0.1) is 0 Å². The fourth-order valence-electron chi connectivity index (χ4n) is 6.46. The molecule has 1 saturated heterocycles. The second-order valence-electron chi connectivity index (χ2n) is 9.27. The highest BCUT2D eigenvalue weighted by atomic mass is 16.2. The number of amides is 4. The molecule has 1 atom stereocenters. The van der Waals surface area contributed by atoms with Crippen LogP contribution >= 0.6 is 0 Å². The van der Waals surface area contributed by atoms with E-state index in [9.17, 15) is 14.4 Å². The molecule has 2 N–H and O–H groups in total. The van der Waals surface area contributed by atoms with E-state index in [-0.39, 0.29) is 17.4 Å². The van der Waals surface area contributed by atoms with E-state index in [2.05, 4.69) is 15.5 Å². The maximum Gasteiger partial charge on any atom is 0.321 e. The van der Waals surface area contributed by atoms with Gasteiger partial charge in [-0.25, -0.2) is 4.79 Å². The molecule has 7 heteroatoms. The average Bonchev–Trinajstić information content (AvgIpc) is 2.65. The summed E-state index contributed by atoms with van der Waals surface area (Å²) in [7, 11) is 1.49. The molecule has 27 heavy (non-hydrogen) atoms. The van der Waals surface area contributed by atoms with Crippen LogP contribution in [0.2, 0.25) is 0 Å². The van der Waals surface area contributed by atoms with Gasteiger partial charge in [-0.3, -0.25) is 19.8 Å². The van der Waals surface area contributed by atoms with E-state index in [4.69, 9.17) is 0 Å². The van der Waals surface area contributed by atoms with Gasteiger partial charge in [-0.05, 0) is 63.2 Å². The topological polar surface area (TPSA) is 81.8 Å². The molecule has 1 heterocycles. The minimum atomic E-state index is -0.484. The monoisotopic (exact) mass is 376 g/mol. The van der Waals surface area contributed by atoms with E-state index in [0.29, 0.717) is 32.1 Å². The second-order valence-corrected chi connectivity index (χ2v) is 9.27. The maximum absolute atomic E-state index is 13.4. The highest BCUT2D eigenvalue weighted by molar-refractivity contribution is 5.96. The van der Waals surface area contributed by atoms with Crippen LogP contribution in [0, 0.1) is 23.2 Å². The smallest absolute Gasteiger partial charge is 0.321 e. The Morgan fingerprint density at radius 2 is 1.44 bits per heavy atom. The first-order chi connectivity index (χ1) is 12.9. The molecule has 5 fully saturated rings. The number of hydrogen-bond acceptors (Lipinski definition) is 4. The van der Waals surface area contributed by atoms with E-state index in [1.165, 1.54) is 26.3 Å². The summed E-state index contributed by atoms with van der Waals surface area (Å²) < 4.78 is 0. The van der Waals surface area contributed by atoms with E-state index < -0.39 is 6.03 Å². The number of urea groups is 1. The molecule has 4 bridgehead atoms. The van der Waals surface area contributed by atoms with Crippen molar-refractivity contribution in [1.29, 1.82) is 0 Å². The Bertz CT molecular complexity index is 591. The van der Waals surface area contributed by atoms with Gasteiger partial charge >= 0.3 is 6.03 Å². The van der Waals surface area contributed by atoms with Crippen LogP contribution in [0.1, 0.15) is 45.4 Å². The fourth-order valence-corrected chi connectivity index (χ4v) is 6.46. The second kappa shape index (κ2) is 7.08. The minimum absolute atomic E-state index is 0.0842. The summed E-state index contributed by atoms with van der Waals surface area (Å²) >= 11 is 0. The molecule has 0 radical (unpaired) electrons. The number of piperazine rings is 1. The quantitative estimate of drug-likeness (QED) is 0.775. The lowest BCUT2D eigenvalue weighted by molar-refractivity contribution is -0.159. The molecule has 1 unspecified atom stereocenters. The van der Waals surface area contributed by atoms with Crippen LogP contribution < -0.4 is 10.6 Å². The van der Waals surface area contributed by atoms with Crippen LogP contribution in [-0.2, 0) is 9.59 Å². The third-order valence-corrected chi connectivity index (χ3v) is 7.48. The number of carbonyl (C=O) groups excluding carboxylic acids is 3. The lowest BCUT2D eigenvalue weighted by Gasteiger charge is -2.57. The Morgan fingerprint density at radius 3 is 1.93 bits per heavy atom. The molecule has 150 valence electrons.